The Labute approximate surface area is 253 Å². The van der Waals surface area contributed by atoms with Gasteiger partial charge in [-0.3, -0.25) is 4.79 Å². The van der Waals surface area contributed by atoms with Crippen LogP contribution in [-0.4, -0.2) is 57.0 Å². The minimum absolute atomic E-state index is 0.0363. The van der Waals surface area contributed by atoms with E-state index in [1.807, 2.05) is 55.1 Å². The Kier molecular flexibility index (Phi) is 9.87. The molecule has 0 saturated carbocycles. The van der Waals surface area contributed by atoms with Crippen LogP contribution in [0.1, 0.15) is 57.7 Å². The molecular formula is C32H38ClFN2O5Si. The van der Waals surface area contributed by atoms with Crippen molar-refractivity contribution in [2.24, 2.45) is 0 Å². The molecule has 3 aromatic rings. The minimum Gasteiger partial charge on any atom is -0.460 e. The van der Waals surface area contributed by atoms with E-state index in [0.29, 0.717) is 18.8 Å². The number of carbonyl (C=O) groups is 2. The number of carbonyl (C=O) groups excluding carboxylic acids is 2. The van der Waals surface area contributed by atoms with Crippen LogP contribution in [0.3, 0.4) is 0 Å². The number of aromatic nitrogens is 1. The number of esters is 1. The van der Waals surface area contributed by atoms with Crippen molar-refractivity contribution in [1.29, 1.82) is 0 Å². The van der Waals surface area contributed by atoms with Gasteiger partial charge in [-0.25, -0.2) is 14.2 Å². The van der Waals surface area contributed by atoms with E-state index in [0.717, 1.165) is 10.4 Å². The first-order valence-corrected chi connectivity index (χ1v) is 16.4. The Balaban J connectivity index is 1.90. The smallest absolute Gasteiger partial charge is 0.381 e. The molecular weight excluding hydrogens is 575 g/mol. The van der Waals surface area contributed by atoms with Gasteiger partial charge in [0.15, 0.2) is 11.5 Å². The lowest BCUT2D eigenvalue weighted by molar-refractivity contribution is -0.137. The molecule has 0 unspecified atom stereocenters. The standard InChI is InChI=1S/C32H38ClFN2O5Si/c1-7-39-31(38)30(37)28-27(34)26(33)29(36-18-21(2)41-22(3)19-36)25(35-28)20-40-42(32(4,5)6,23-14-10-8-11-15-23)24-16-12-9-13-17-24/h8-17,21-22H,7,18-20H2,1-6H3/t21-,22+. The lowest BCUT2D eigenvalue weighted by atomic mass is 10.1. The van der Waals surface area contributed by atoms with Gasteiger partial charge in [0.05, 0.1) is 36.8 Å². The van der Waals surface area contributed by atoms with Crippen LogP contribution >= 0.6 is 11.6 Å². The summed E-state index contributed by atoms with van der Waals surface area (Å²) in [5, 5.41) is 1.47. The van der Waals surface area contributed by atoms with Gasteiger partial charge < -0.3 is 18.8 Å². The van der Waals surface area contributed by atoms with Crippen molar-refractivity contribution in [3.05, 3.63) is 82.9 Å². The molecule has 0 N–H and O–H groups in total. The number of ether oxygens (including phenoxy) is 2. The van der Waals surface area contributed by atoms with Gasteiger partial charge in [0.25, 0.3) is 14.1 Å². The Morgan fingerprint density at radius 1 is 1.02 bits per heavy atom. The molecule has 4 rings (SSSR count). The minimum atomic E-state index is -3.04. The molecule has 1 aliphatic heterocycles. The number of morpholine rings is 1. The van der Waals surface area contributed by atoms with E-state index in [1.165, 1.54) is 0 Å². The quantitative estimate of drug-likeness (QED) is 0.140. The van der Waals surface area contributed by atoms with Gasteiger partial charge in [-0.15, -0.1) is 0 Å². The Bertz CT molecular complexity index is 1370. The molecule has 1 aromatic heterocycles. The largest absolute Gasteiger partial charge is 0.460 e. The van der Waals surface area contributed by atoms with Crippen molar-refractivity contribution in [2.75, 3.05) is 24.6 Å². The van der Waals surface area contributed by atoms with Crippen LogP contribution < -0.4 is 15.3 Å². The average molecular weight is 613 g/mol. The second-order valence-corrected chi connectivity index (χ2v) is 16.2. The highest BCUT2D eigenvalue weighted by atomic mass is 35.5. The highest BCUT2D eigenvalue weighted by Gasteiger charge is 2.50. The lowest BCUT2D eigenvalue weighted by Crippen LogP contribution is -2.66. The Morgan fingerprint density at radius 2 is 1.55 bits per heavy atom. The molecule has 0 amide bonds. The van der Waals surface area contributed by atoms with Gasteiger partial charge >= 0.3 is 5.97 Å². The fraction of sp³-hybridized carbons (Fsp3) is 0.406. The number of pyridine rings is 1. The van der Waals surface area contributed by atoms with Gasteiger partial charge in [0, 0.05) is 13.1 Å². The van der Waals surface area contributed by atoms with E-state index in [-0.39, 0.29) is 41.2 Å². The SMILES string of the molecule is CCOC(=O)C(=O)c1nc(CO[Si](c2ccccc2)(c2ccccc2)C(C)(C)C)c(N2C[C@@H](C)O[C@@H](C)C2)c(Cl)c1F. The fourth-order valence-electron chi connectivity index (χ4n) is 5.74. The lowest BCUT2D eigenvalue weighted by Gasteiger charge is -2.43. The van der Waals surface area contributed by atoms with Crippen LogP contribution in [-0.2, 0) is 25.3 Å². The summed E-state index contributed by atoms with van der Waals surface area (Å²) in [6.45, 7) is 12.6. The van der Waals surface area contributed by atoms with Crippen molar-refractivity contribution >= 4 is 47.7 Å². The summed E-state index contributed by atoms with van der Waals surface area (Å²) >= 11 is 6.69. The molecule has 10 heteroatoms. The number of halogens is 2. The van der Waals surface area contributed by atoms with Gasteiger partial charge in [-0.1, -0.05) is 93.0 Å². The number of benzene rings is 2. The summed E-state index contributed by atoms with van der Waals surface area (Å²) in [5.41, 5.74) is -0.0875. The van der Waals surface area contributed by atoms with Crippen LogP contribution in [0.5, 0.6) is 0 Å². The van der Waals surface area contributed by atoms with Gasteiger partial charge in [0.1, 0.15) is 5.02 Å². The summed E-state index contributed by atoms with van der Waals surface area (Å²) in [6, 6.07) is 20.1. The summed E-state index contributed by atoms with van der Waals surface area (Å²) in [5.74, 6) is -3.45. The first-order valence-electron chi connectivity index (χ1n) is 14.1. The molecule has 7 nitrogen and oxygen atoms in total. The molecule has 224 valence electrons. The monoisotopic (exact) mass is 612 g/mol. The van der Waals surface area contributed by atoms with Crippen molar-refractivity contribution in [1.82, 2.24) is 4.98 Å². The second-order valence-electron chi connectivity index (χ2n) is 11.5. The van der Waals surface area contributed by atoms with Crippen molar-refractivity contribution < 1.29 is 27.9 Å². The fourth-order valence-corrected chi connectivity index (χ4v) is 10.6. The zero-order chi connectivity index (χ0) is 30.7. The highest BCUT2D eigenvalue weighted by molar-refractivity contribution is 6.99. The van der Waals surface area contributed by atoms with E-state index in [9.17, 15) is 9.59 Å². The first kappa shape index (κ1) is 31.8. The average Bonchev–Trinajstić information content (AvgIpc) is 2.94. The molecule has 0 radical (unpaired) electrons. The molecule has 1 fully saturated rings. The molecule has 2 atom stereocenters. The molecule has 0 aliphatic carbocycles. The maximum atomic E-state index is 15.7. The molecule has 2 aromatic carbocycles. The molecule has 42 heavy (non-hydrogen) atoms. The Morgan fingerprint density at radius 3 is 2.02 bits per heavy atom. The third kappa shape index (κ3) is 6.29. The van der Waals surface area contributed by atoms with Gasteiger partial charge in [0.2, 0.25) is 0 Å². The molecule has 1 saturated heterocycles. The summed E-state index contributed by atoms with van der Waals surface area (Å²) in [7, 11) is -3.04. The predicted molar refractivity (Wildman–Crippen MR) is 165 cm³/mol. The van der Waals surface area contributed by atoms with Crippen LogP contribution in [0.15, 0.2) is 60.7 Å². The highest BCUT2D eigenvalue weighted by Crippen LogP contribution is 2.40. The normalized spacial score (nSPS) is 17.7. The third-order valence-electron chi connectivity index (χ3n) is 7.38. The van der Waals surface area contributed by atoms with Gasteiger partial charge in [-0.05, 0) is 36.2 Å². The van der Waals surface area contributed by atoms with Crippen LogP contribution in [0, 0.1) is 5.82 Å². The zero-order valence-corrected chi connectivity index (χ0v) is 26.7. The number of hydrogen-bond acceptors (Lipinski definition) is 7. The Hall–Kier alpha value is -3.11. The maximum absolute atomic E-state index is 15.7. The van der Waals surface area contributed by atoms with Crippen LogP contribution in [0.4, 0.5) is 10.1 Å². The molecule has 2 heterocycles. The van der Waals surface area contributed by atoms with Crippen molar-refractivity contribution in [3.63, 3.8) is 0 Å². The predicted octanol–water partition coefficient (Wildman–Crippen LogP) is 5.31. The second kappa shape index (κ2) is 13.0. The van der Waals surface area contributed by atoms with E-state index < -0.39 is 31.6 Å². The summed E-state index contributed by atoms with van der Waals surface area (Å²) in [6.07, 6.45) is -0.307. The van der Waals surface area contributed by atoms with Crippen LogP contribution in [0.2, 0.25) is 10.1 Å². The first-order chi connectivity index (χ1) is 19.9. The van der Waals surface area contributed by atoms with Crippen molar-refractivity contribution in [3.8, 4) is 0 Å². The van der Waals surface area contributed by atoms with Crippen LogP contribution in [0.25, 0.3) is 0 Å². The number of ketones is 1. The maximum Gasteiger partial charge on any atom is 0.381 e. The van der Waals surface area contributed by atoms with E-state index in [4.69, 9.17) is 25.5 Å². The number of rotatable bonds is 9. The van der Waals surface area contributed by atoms with Gasteiger partial charge in [-0.2, -0.15) is 0 Å². The molecule has 0 spiro atoms. The van der Waals surface area contributed by atoms with E-state index >= 15 is 4.39 Å². The number of nitrogens with zero attached hydrogens (tertiary/aromatic N) is 2. The summed E-state index contributed by atoms with van der Waals surface area (Å²) in [4.78, 5) is 31.6. The third-order valence-corrected chi connectivity index (χ3v) is 12.7. The summed E-state index contributed by atoms with van der Waals surface area (Å²) < 4.78 is 33.6. The number of hydrogen-bond donors (Lipinski definition) is 0. The molecule has 1 aliphatic rings. The number of anilines is 1. The number of Topliss-reactive ketones (excluding diaryl/α,β-unsaturated/α-hetero) is 1. The zero-order valence-electron chi connectivity index (χ0n) is 24.9. The van der Waals surface area contributed by atoms with E-state index in [1.54, 1.807) is 6.92 Å². The van der Waals surface area contributed by atoms with Crippen molar-refractivity contribution in [2.45, 2.75) is 65.4 Å². The topological polar surface area (TPSA) is 78.0 Å². The van der Waals surface area contributed by atoms with E-state index in [2.05, 4.69) is 50.0 Å². The molecule has 0 bridgehead atoms.